The molecule has 0 saturated carbocycles. The van der Waals surface area contributed by atoms with E-state index in [-0.39, 0.29) is 5.56 Å². The molecule has 0 spiro atoms. The maximum absolute atomic E-state index is 13.6. The van der Waals surface area contributed by atoms with Crippen LogP contribution in [-0.2, 0) is 4.84 Å². The fraction of sp³-hybridized carbons (Fsp3) is 0.300. The molecule has 5 heteroatoms. The van der Waals surface area contributed by atoms with E-state index >= 15 is 0 Å². The van der Waals surface area contributed by atoms with Gasteiger partial charge >= 0.3 is 0 Å². The third-order valence-electron chi connectivity index (χ3n) is 2.07. The second-order valence-electron chi connectivity index (χ2n) is 3.18. The molecule has 0 aliphatic carbocycles. The van der Waals surface area contributed by atoms with E-state index in [1.807, 2.05) is 0 Å². The van der Waals surface area contributed by atoms with Crippen molar-refractivity contribution in [2.24, 2.45) is 0 Å². The molecule has 0 radical (unpaired) electrons. The fourth-order valence-corrected chi connectivity index (χ4v) is 1.21. The highest BCUT2D eigenvalue weighted by molar-refractivity contribution is 5.94. The molecule has 0 atom stereocenters. The van der Waals surface area contributed by atoms with Crippen molar-refractivity contribution < 1.29 is 14.0 Å². The van der Waals surface area contributed by atoms with E-state index < -0.39 is 11.7 Å². The topological polar surface area (TPSA) is 55.6 Å². The predicted octanol–water partition coefficient (Wildman–Crippen LogP) is 1.35. The lowest BCUT2D eigenvalue weighted by Crippen LogP contribution is -2.26. The molecule has 4 nitrogen and oxygen atoms in total. The first-order valence-electron chi connectivity index (χ1n) is 4.35. The predicted molar refractivity (Wildman–Crippen MR) is 54.7 cm³/mol. The van der Waals surface area contributed by atoms with Crippen LogP contribution in [0.1, 0.15) is 15.9 Å². The average molecular weight is 212 g/mol. The zero-order valence-electron chi connectivity index (χ0n) is 8.87. The number of hydrogen-bond donors (Lipinski definition) is 1. The Hall–Kier alpha value is -1.62. The lowest BCUT2D eigenvalue weighted by atomic mass is 10.1. The zero-order valence-corrected chi connectivity index (χ0v) is 8.87. The molecule has 0 fully saturated rings. The number of anilines is 1. The van der Waals surface area contributed by atoms with Crippen LogP contribution in [0, 0.1) is 12.7 Å². The van der Waals surface area contributed by atoms with Crippen LogP contribution in [0.4, 0.5) is 10.1 Å². The van der Waals surface area contributed by atoms with Crippen LogP contribution in [0.15, 0.2) is 12.1 Å². The number of benzene rings is 1. The van der Waals surface area contributed by atoms with E-state index in [0.717, 1.165) is 5.06 Å². The van der Waals surface area contributed by atoms with Gasteiger partial charge in [0.1, 0.15) is 5.82 Å². The zero-order chi connectivity index (χ0) is 11.6. The molecule has 1 aromatic rings. The number of nitrogens with two attached hydrogens (primary N) is 1. The number of nitrogen functional groups attached to an aromatic ring is 1. The number of nitrogens with zero attached hydrogens (tertiary/aromatic N) is 1. The first-order valence-corrected chi connectivity index (χ1v) is 4.35. The first-order chi connectivity index (χ1) is 6.97. The largest absolute Gasteiger partial charge is 0.399 e. The molecule has 0 bridgehead atoms. The van der Waals surface area contributed by atoms with Crippen molar-refractivity contribution in [3.8, 4) is 0 Å². The minimum Gasteiger partial charge on any atom is -0.399 e. The molecule has 82 valence electrons. The van der Waals surface area contributed by atoms with Gasteiger partial charge in [-0.25, -0.2) is 9.45 Å². The molecule has 0 unspecified atom stereocenters. The molecule has 0 aliphatic rings. The lowest BCUT2D eigenvalue weighted by molar-refractivity contribution is -0.0759. The van der Waals surface area contributed by atoms with Crippen molar-refractivity contribution in [3.63, 3.8) is 0 Å². The third-order valence-corrected chi connectivity index (χ3v) is 2.07. The van der Waals surface area contributed by atoms with Gasteiger partial charge in [-0.05, 0) is 24.6 Å². The minimum absolute atomic E-state index is 0.0862. The van der Waals surface area contributed by atoms with Gasteiger partial charge in [-0.3, -0.25) is 9.63 Å². The standard InChI is InChI=1S/C10H13FN2O2/c1-6-4-7(12)5-8(9(6)11)10(14)13(2)15-3/h4-5H,12H2,1-3H3. The SMILES string of the molecule is CON(C)C(=O)c1cc(N)cc(C)c1F. The average Bonchev–Trinajstić information content (AvgIpc) is 2.21. The van der Waals surface area contributed by atoms with Gasteiger partial charge in [0.25, 0.3) is 5.91 Å². The number of amides is 1. The Morgan fingerprint density at radius 3 is 2.67 bits per heavy atom. The van der Waals surface area contributed by atoms with E-state index in [2.05, 4.69) is 4.84 Å². The van der Waals surface area contributed by atoms with Gasteiger partial charge < -0.3 is 5.73 Å². The highest BCUT2D eigenvalue weighted by atomic mass is 19.1. The highest BCUT2D eigenvalue weighted by Crippen LogP contribution is 2.18. The molecular weight excluding hydrogens is 199 g/mol. The van der Waals surface area contributed by atoms with Gasteiger partial charge in [-0.1, -0.05) is 0 Å². The Balaban J connectivity index is 3.19. The molecule has 0 aliphatic heterocycles. The lowest BCUT2D eigenvalue weighted by Gasteiger charge is -2.15. The van der Waals surface area contributed by atoms with Gasteiger partial charge in [0.05, 0.1) is 12.7 Å². The molecule has 1 rings (SSSR count). The normalized spacial score (nSPS) is 10.1. The van der Waals surface area contributed by atoms with Crippen LogP contribution in [0.5, 0.6) is 0 Å². The van der Waals surface area contributed by atoms with Crippen molar-refractivity contribution in [1.82, 2.24) is 5.06 Å². The van der Waals surface area contributed by atoms with Gasteiger partial charge in [-0.2, -0.15) is 0 Å². The minimum atomic E-state index is -0.571. The number of hydroxylamine groups is 2. The number of aryl methyl sites for hydroxylation is 1. The summed E-state index contributed by atoms with van der Waals surface area (Å²) in [6.45, 7) is 1.55. The van der Waals surface area contributed by atoms with Gasteiger partial charge in [0.15, 0.2) is 0 Å². The summed E-state index contributed by atoms with van der Waals surface area (Å²) in [4.78, 5) is 16.3. The van der Waals surface area contributed by atoms with Crippen molar-refractivity contribution in [2.75, 3.05) is 19.9 Å². The Morgan fingerprint density at radius 2 is 2.13 bits per heavy atom. The van der Waals surface area contributed by atoms with E-state index in [1.54, 1.807) is 6.92 Å². The summed E-state index contributed by atoms with van der Waals surface area (Å²) in [5.41, 5.74) is 6.13. The summed E-state index contributed by atoms with van der Waals surface area (Å²) in [5, 5.41) is 0.942. The van der Waals surface area contributed by atoms with E-state index in [4.69, 9.17) is 5.73 Å². The van der Waals surface area contributed by atoms with Crippen molar-refractivity contribution in [3.05, 3.63) is 29.1 Å². The Morgan fingerprint density at radius 1 is 1.53 bits per heavy atom. The number of hydrogen-bond acceptors (Lipinski definition) is 3. The van der Waals surface area contributed by atoms with Crippen LogP contribution in [0.3, 0.4) is 0 Å². The fourth-order valence-electron chi connectivity index (χ4n) is 1.21. The molecule has 1 amide bonds. The maximum Gasteiger partial charge on any atom is 0.280 e. The first kappa shape index (κ1) is 11.5. The molecule has 0 heterocycles. The summed E-state index contributed by atoms with van der Waals surface area (Å²) >= 11 is 0. The summed E-state index contributed by atoms with van der Waals surface area (Å²) in [6.07, 6.45) is 0. The van der Waals surface area contributed by atoms with Crippen LogP contribution >= 0.6 is 0 Å². The molecule has 2 N–H and O–H groups in total. The van der Waals surface area contributed by atoms with Gasteiger partial charge in [0.2, 0.25) is 0 Å². The van der Waals surface area contributed by atoms with Crippen LogP contribution in [0.25, 0.3) is 0 Å². The molecule has 15 heavy (non-hydrogen) atoms. The van der Waals surface area contributed by atoms with Crippen LogP contribution in [-0.4, -0.2) is 25.1 Å². The highest BCUT2D eigenvalue weighted by Gasteiger charge is 2.18. The number of halogens is 1. The second kappa shape index (κ2) is 4.27. The van der Waals surface area contributed by atoms with Crippen LogP contribution < -0.4 is 5.73 Å². The van der Waals surface area contributed by atoms with E-state index in [9.17, 15) is 9.18 Å². The van der Waals surface area contributed by atoms with Crippen molar-refractivity contribution >= 4 is 11.6 Å². The van der Waals surface area contributed by atoms with Crippen molar-refractivity contribution in [2.45, 2.75) is 6.92 Å². The Bertz CT molecular complexity index is 393. The summed E-state index contributed by atoms with van der Waals surface area (Å²) in [6, 6.07) is 2.76. The summed E-state index contributed by atoms with van der Waals surface area (Å²) < 4.78 is 13.6. The Kier molecular flexibility index (Phi) is 3.26. The number of carbonyl (C=O) groups excluding carboxylic acids is 1. The summed E-state index contributed by atoms with van der Waals surface area (Å²) in [7, 11) is 2.73. The monoisotopic (exact) mass is 212 g/mol. The number of carbonyl (C=O) groups is 1. The molecule has 0 aromatic heterocycles. The van der Waals surface area contributed by atoms with Crippen LogP contribution in [0.2, 0.25) is 0 Å². The molecule has 1 aromatic carbocycles. The van der Waals surface area contributed by atoms with Crippen molar-refractivity contribution in [1.29, 1.82) is 0 Å². The smallest absolute Gasteiger partial charge is 0.280 e. The summed E-state index contributed by atoms with van der Waals surface area (Å²) in [5.74, 6) is -1.14. The Labute approximate surface area is 87.4 Å². The third kappa shape index (κ3) is 2.24. The van der Waals surface area contributed by atoms with E-state index in [0.29, 0.717) is 11.3 Å². The van der Waals surface area contributed by atoms with Gasteiger partial charge in [-0.15, -0.1) is 0 Å². The molecule has 0 saturated heterocycles. The molecular formula is C10H13FN2O2. The second-order valence-corrected chi connectivity index (χ2v) is 3.18. The number of rotatable bonds is 2. The quantitative estimate of drug-likeness (QED) is 0.594. The maximum atomic E-state index is 13.6. The van der Waals surface area contributed by atoms with E-state index in [1.165, 1.54) is 26.3 Å². The van der Waals surface area contributed by atoms with Gasteiger partial charge in [0, 0.05) is 12.7 Å².